The van der Waals surface area contributed by atoms with Gasteiger partial charge in [-0.15, -0.1) is 0 Å². The van der Waals surface area contributed by atoms with Crippen LogP contribution in [0.4, 0.5) is 10.1 Å². The predicted molar refractivity (Wildman–Crippen MR) is 114 cm³/mol. The Labute approximate surface area is 181 Å². The van der Waals surface area contributed by atoms with Gasteiger partial charge in [0.2, 0.25) is 12.1 Å². The third-order valence-electron chi connectivity index (χ3n) is 5.89. The zero-order valence-electron chi connectivity index (χ0n) is 18.4. The molecule has 7 nitrogen and oxygen atoms in total. The molecule has 1 unspecified atom stereocenters. The summed E-state index contributed by atoms with van der Waals surface area (Å²) >= 11 is 0. The zero-order valence-corrected chi connectivity index (χ0v) is 18.4. The van der Waals surface area contributed by atoms with Crippen molar-refractivity contribution in [3.05, 3.63) is 60.2 Å². The molecule has 0 bridgehead atoms. The van der Waals surface area contributed by atoms with E-state index in [9.17, 15) is 14.3 Å². The third-order valence-corrected chi connectivity index (χ3v) is 5.89. The van der Waals surface area contributed by atoms with Gasteiger partial charge in [0.15, 0.2) is 6.04 Å². The second-order valence-electron chi connectivity index (χ2n) is 8.58. The Morgan fingerprint density at radius 2 is 2.03 bits per heavy atom. The highest BCUT2D eigenvalue weighted by Crippen LogP contribution is 2.31. The molecule has 0 saturated heterocycles. The van der Waals surface area contributed by atoms with Crippen LogP contribution in [-0.4, -0.2) is 31.9 Å². The van der Waals surface area contributed by atoms with E-state index in [1.54, 1.807) is 47.8 Å². The molecule has 2 aromatic heterocycles. The number of imidazole rings is 1. The summed E-state index contributed by atoms with van der Waals surface area (Å²) in [5, 5.41) is 14.8. The highest BCUT2D eigenvalue weighted by Gasteiger charge is 2.36. The first kappa shape index (κ1) is 21.2. The summed E-state index contributed by atoms with van der Waals surface area (Å²) in [4.78, 5) is 15.5. The quantitative estimate of drug-likeness (QED) is 0.638. The van der Waals surface area contributed by atoms with Crippen molar-refractivity contribution in [1.29, 1.82) is 0 Å². The molecule has 1 amide bonds. The first-order valence-electron chi connectivity index (χ1n) is 10.7. The van der Waals surface area contributed by atoms with Gasteiger partial charge in [-0.2, -0.15) is 5.10 Å². The monoisotopic (exact) mass is 426 g/mol. The number of carbonyl (C=O) groups is 1. The van der Waals surface area contributed by atoms with Crippen LogP contribution < -0.4 is 9.47 Å². The SMILES string of the molecule is CCC(C(=O)N1CCCc2c1cnn2-c1ccc(F)cc1)n1c[n+](C(C)(C)O)cc1C. The lowest BCUT2D eigenvalue weighted by Gasteiger charge is -2.29. The maximum atomic E-state index is 13.6. The Kier molecular flexibility index (Phi) is 5.43. The molecule has 4 rings (SSSR count). The predicted octanol–water partition coefficient (Wildman–Crippen LogP) is 3.02. The van der Waals surface area contributed by atoms with Crippen LogP contribution >= 0.6 is 0 Å². The average Bonchev–Trinajstić information content (AvgIpc) is 3.33. The average molecular weight is 427 g/mol. The van der Waals surface area contributed by atoms with Gasteiger partial charge >= 0.3 is 0 Å². The second kappa shape index (κ2) is 7.92. The van der Waals surface area contributed by atoms with Crippen molar-refractivity contribution in [2.45, 2.75) is 58.7 Å². The fourth-order valence-electron chi connectivity index (χ4n) is 4.21. The molecule has 8 heteroatoms. The number of anilines is 1. The lowest BCUT2D eigenvalue weighted by Crippen LogP contribution is -2.51. The van der Waals surface area contributed by atoms with Crippen molar-refractivity contribution < 1.29 is 18.9 Å². The summed E-state index contributed by atoms with van der Waals surface area (Å²) in [7, 11) is 0. The molecule has 1 atom stereocenters. The minimum absolute atomic E-state index is 0.00343. The molecule has 31 heavy (non-hydrogen) atoms. The maximum absolute atomic E-state index is 13.6. The van der Waals surface area contributed by atoms with Crippen LogP contribution in [0.15, 0.2) is 43.0 Å². The van der Waals surface area contributed by atoms with Crippen LogP contribution in [0.25, 0.3) is 5.69 Å². The number of amides is 1. The van der Waals surface area contributed by atoms with Gasteiger partial charge in [-0.1, -0.05) is 6.92 Å². The molecule has 0 aliphatic carbocycles. The molecule has 1 N–H and O–H groups in total. The Bertz CT molecular complexity index is 1090. The summed E-state index contributed by atoms with van der Waals surface area (Å²) in [5.41, 5.74) is 2.39. The number of aryl methyl sites for hydroxylation is 1. The number of rotatable bonds is 5. The van der Waals surface area contributed by atoms with Gasteiger partial charge in [0.05, 0.1) is 23.3 Å². The summed E-state index contributed by atoms with van der Waals surface area (Å²) in [6.07, 6.45) is 7.63. The summed E-state index contributed by atoms with van der Waals surface area (Å²) in [5.74, 6) is -0.290. The standard InChI is InChI=1S/C23H29FN5O2/c1-5-19(28-15-26(14-16(28)2)23(3,4)31)22(30)27-12-6-7-20-21(27)13-25-29(20)18-10-8-17(24)9-11-18/h8-11,13-15,19,31H,5-7,12H2,1-4H3/q+1. The van der Waals surface area contributed by atoms with Crippen molar-refractivity contribution in [3.63, 3.8) is 0 Å². The van der Waals surface area contributed by atoms with Crippen molar-refractivity contribution in [2.75, 3.05) is 11.4 Å². The zero-order chi connectivity index (χ0) is 22.3. The summed E-state index contributed by atoms with van der Waals surface area (Å²) in [6, 6.07) is 5.82. The van der Waals surface area contributed by atoms with Crippen molar-refractivity contribution >= 4 is 11.6 Å². The van der Waals surface area contributed by atoms with Crippen LogP contribution in [0.2, 0.25) is 0 Å². The molecule has 1 aromatic carbocycles. The molecule has 1 aliphatic heterocycles. The molecule has 0 radical (unpaired) electrons. The second-order valence-corrected chi connectivity index (χ2v) is 8.58. The molecule has 3 heterocycles. The van der Waals surface area contributed by atoms with E-state index in [1.165, 1.54) is 12.1 Å². The Balaban J connectivity index is 1.67. The Morgan fingerprint density at radius 1 is 1.32 bits per heavy atom. The van der Waals surface area contributed by atoms with Crippen LogP contribution in [0.3, 0.4) is 0 Å². The molecular weight excluding hydrogens is 397 g/mol. The first-order chi connectivity index (χ1) is 14.7. The normalized spacial score (nSPS) is 15.1. The number of halogens is 1. The van der Waals surface area contributed by atoms with Crippen LogP contribution in [0.5, 0.6) is 0 Å². The molecule has 3 aromatic rings. The third kappa shape index (κ3) is 3.87. The Morgan fingerprint density at radius 3 is 2.65 bits per heavy atom. The minimum Gasteiger partial charge on any atom is -0.353 e. The van der Waals surface area contributed by atoms with Gasteiger partial charge in [-0.05, 0) is 43.5 Å². The van der Waals surface area contributed by atoms with Crippen LogP contribution in [0, 0.1) is 12.7 Å². The molecule has 0 saturated carbocycles. The topological polar surface area (TPSA) is 67.2 Å². The van der Waals surface area contributed by atoms with Gasteiger partial charge in [-0.25, -0.2) is 18.2 Å². The fourth-order valence-corrected chi connectivity index (χ4v) is 4.21. The highest BCUT2D eigenvalue weighted by molar-refractivity contribution is 5.97. The number of hydrogen-bond donors (Lipinski definition) is 1. The van der Waals surface area contributed by atoms with Crippen molar-refractivity contribution in [2.24, 2.45) is 0 Å². The van der Waals surface area contributed by atoms with E-state index in [-0.39, 0.29) is 17.8 Å². The number of aromatic nitrogens is 4. The van der Waals surface area contributed by atoms with Gasteiger partial charge in [0.1, 0.15) is 17.7 Å². The Hall–Kier alpha value is -3.00. The molecule has 0 spiro atoms. The van der Waals surface area contributed by atoms with E-state index in [4.69, 9.17) is 0 Å². The number of nitrogens with zero attached hydrogens (tertiary/aromatic N) is 5. The number of benzene rings is 1. The van der Waals surface area contributed by atoms with E-state index in [0.29, 0.717) is 13.0 Å². The van der Waals surface area contributed by atoms with E-state index in [2.05, 4.69) is 5.10 Å². The minimum atomic E-state index is -1.05. The van der Waals surface area contributed by atoms with Gasteiger partial charge in [0.25, 0.3) is 5.91 Å². The lowest BCUT2D eigenvalue weighted by molar-refractivity contribution is -0.798. The molecule has 164 valence electrons. The largest absolute Gasteiger partial charge is 0.353 e. The lowest BCUT2D eigenvalue weighted by atomic mass is 10.1. The summed E-state index contributed by atoms with van der Waals surface area (Å²) in [6.45, 7) is 7.97. The number of hydrogen-bond acceptors (Lipinski definition) is 3. The number of fused-ring (bicyclic) bond motifs is 1. The van der Waals surface area contributed by atoms with Crippen molar-refractivity contribution in [1.82, 2.24) is 14.3 Å². The number of aliphatic hydroxyl groups is 1. The van der Waals surface area contributed by atoms with E-state index in [0.717, 1.165) is 35.6 Å². The van der Waals surface area contributed by atoms with E-state index < -0.39 is 5.72 Å². The van der Waals surface area contributed by atoms with Crippen LogP contribution in [-0.2, 0) is 16.9 Å². The van der Waals surface area contributed by atoms with E-state index in [1.807, 2.05) is 29.5 Å². The van der Waals surface area contributed by atoms with Gasteiger partial charge < -0.3 is 10.0 Å². The number of carbonyl (C=O) groups excluding carboxylic acids is 1. The summed E-state index contributed by atoms with van der Waals surface area (Å²) < 4.78 is 18.8. The van der Waals surface area contributed by atoms with Gasteiger partial charge in [0, 0.05) is 27.3 Å². The smallest absolute Gasteiger partial charge is 0.272 e. The fraction of sp³-hybridized carbons (Fsp3) is 0.435. The molecule has 1 aliphatic rings. The van der Waals surface area contributed by atoms with E-state index >= 15 is 0 Å². The molecular formula is C23H29FN5O2+. The first-order valence-corrected chi connectivity index (χ1v) is 10.7. The van der Waals surface area contributed by atoms with Gasteiger partial charge in [-0.3, -0.25) is 4.79 Å². The highest BCUT2D eigenvalue weighted by atomic mass is 19.1. The van der Waals surface area contributed by atoms with Crippen molar-refractivity contribution in [3.8, 4) is 5.69 Å². The van der Waals surface area contributed by atoms with Crippen LogP contribution in [0.1, 0.15) is 51.0 Å². The maximum Gasteiger partial charge on any atom is 0.272 e. The molecule has 0 fully saturated rings.